The summed E-state index contributed by atoms with van der Waals surface area (Å²) >= 11 is 0. The van der Waals surface area contributed by atoms with Crippen LogP contribution in [0.2, 0.25) is 0 Å². The molecular weight excluding hydrogens is 392 g/mol. The largest absolute Gasteiger partial charge is 0.454 e. The van der Waals surface area contributed by atoms with E-state index < -0.39 is 6.10 Å². The van der Waals surface area contributed by atoms with E-state index in [0.29, 0.717) is 31.5 Å². The van der Waals surface area contributed by atoms with E-state index in [2.05, 4.69) is 42.7 Å². The fourth-order valence-corrected chi connectivity index (χ4v) is 6.39. The maximum Gasteiger partial charge on any atom is 0.231 e. The van der Waals surface area contributed by atoms with Gasteiger partial charge in [0.25, 0.3) is 0 Å². The molecule has 1 saturated heterocycles. The van der Waals surface area contributed by atoms with Gasteiger partial charge in [-0.15, -0.1) is 0 Å². The summed E-state index contributed by atoms with van der Waals surface area (Å²) in [6, 6.07) is 6.22. The minimum Gasteiger partial charge on any atom is -0.454 e. The number of β-amino-alcohol motifs (C(OH)–C–C–N with tert-alkyl or cyclic N) is 1. The highest BCUT2D eigenvalue weighted by molar-refractivity contribution is 5.44. The van der Waals surface area contributed by atoms with Crippen LogP contribution in [0, 0.1) is 16.7 Å². The van der Waals surface area contributed by atoms with Gasteiger partial charge in [0, 0.05) is 39.3 Å². The van der Waals surface area contributed by atoms with E-state index in [1.807, 2.05) is 6.07 Å². The highest BCUT2D eigenvalue weighted by Gasteiger charge is 2.61. The lowest BCUT2D eigenvalue weighted by Gasteiger charge is -2.39. The summed E-state index contributed by atoms with van der Waals surface area (Å²) in [6.07, 6.45) is 3.65. The van der Waals surface area contributed by atoms with E-state index >= 15 is 0 Å². The van der Waals surface area contributed by atoms with Gasteiger partial charge in [-0.1, -0.05) is 26.8 Å². The van der Waals surface area contributed by atoms with Crippen molar-refractivity contribution in [2.24, 2.45) is 16.7 Å². The predicted molar refractivity (Wildman–Crippen MR) is 119 cm³/mol. The third-order valence-corrected chi connectivity index (χ3v) is 8.98. The van der Waals surface area contributed by atoms with Crippen molar-refractivity contribution >= 4 is 0 Å². The number of nitrogens with zero attached hydrogens (tertiary/aromatic N) is 2. The second kappa shape index (κ2) is 8.22. The molecule has 0 unspecified atom stereocenters. The molecule has 2 bridgehead atoms. The predicted octanol–water partition coefficient (Wildman–Crippen LogP) is 3.13. The molecule has 6 nitrogen and oxygen atoms in total. The summed E-state index contributed by atoms with van der Waals surface area (Å²) in [6.45, 7) is 13.6. The first-order valence-corrected chi connectivity index (χ1v) is 12.0. The van der Waals surface area contributed by atoms with Gasteiger partial charge in [-0.2, -0.15) is 0 Å². The summed E-state index contributed by atoms with van der Waals surface area (Å²) in [7, 11) is 0. The van der Waals surface area contributed by atoms with Crippen molar-refractivity contribution < 1.29 is 19.3 Å². The maximum absolute atomic E-state index is 10.6. The highest BCUT2D eigenvalue weighted by atomic mass is 16.7. The Kier molecular flexibility index (Phi) is 5.70. The van der Waals surface area contributed by atoms with Gasteiger partial charge in [-0.3, -0.25) is 9.80 Å². The third kappa shape index (κ3) is 3.97. The first-order valence-electron chi connectivity index (χ1n) is 12.0. The lowest BCUT2D eigenvalue weighted by atomic mass is 9.70. The Morgan fingerprint density at radius 3 is 2.55 bits per heavy atom. The molecule has 1 N–H and O–H groups in total. The van der Waals surface area contributed by atoms with Crippen molar-refractivity contribution in [1.29, 1.82) is 0 Å². The second-order valence-electron chi connectivity index (χ2n) is 10.9. The molecular formula is C25H38N2O4. The first-order chi connectivity index (χ1) is 14.8. The van der Waals surface area contributed by atoms with Crippen LogP contribution < -0.4 is 9.47 Å². The smallest absolute Gasteiger partial charge is 0.231 e. The van der Waals surface area contributed by atoms with Gasteiger partial charge >= 0.3 is 0 Å². The van der Waals surface area contributed by atoms with Gasteiger partial charge in [0.1, 0.15) is 0 Å². The van der Waals surface area contributed by atoms with Crippen LogP contribution in [0.25, 0.3) is 0 Å². The van der Waals surface area contributed by atoms with Gasteiger partial charge in [0.05, 0.1) is 18.8 Å². The number of hydrogen-bond acceptors (Lipinski definition) is 6. The average Bonchev–Trinajstić information content (AvgIpc) is 3.35. The Bertz CT molecular complexity index is 792. The molecule has 0 amide bonds. The Morgan fingerprint density at radius 1 is 1.10 bits per heavy atom. The lowest BCUT2D eigenvalue weighted by molar-refractivity contribution is -0.0807. The summed E-state index contributed by atoms with van der Waals surface area (Å²) in [5.41, 5.74) is 1.88. The van der Waals surface area contributed by atoms with E-state index in [4.69, 9.17) is 14.2 Å². The van der Waals surface area contributed by atoms with Gasteiger partial charge in [0.2, 0.25) is 6.79 Å². The minimum absolute atomic E-state index is 0.262. The van der Waals surface area contributed by atoms with E-state index in [1.54, 1.807) is 0 Å². The molecule has 5 rings (SSSR count). The number of ether oxygens (including phenoxy) is 3. The summed E-state index contributed by atoms with van der Waals surface area (Å²) < 4.78 is 17.2. The van der Waals surface area contributed by atoms with Crippen molar-refractivity contribution in [3.8, 4) is 11.5 Å². The average molecular weight is 431 g/mol. The molecule has 31 heavy (non-hydrogen) atoms. The number of hydrogen-bond donors (Lipinski definition) is 1. The molecule has 4 atom stereocenters. The Morgan fingerprint density at radius 2 is 1.84 bits per heavy atom. The molecule has 2 heterocycles. The maximum atomic E-state index is 10.6. The number of aliphatic hydroxyl groups excluding tert-OH is 1. The molecule has 6 heteroatoms. The fourth-order valence-electron chi connectivity index (χ4n) is 6.39. The van der Waals surface area contributed by atoms with Gasteiger partial charge in [0.15, 0.2) is 11.5 Å². The normalized spacial score (nSPS) is 33.2. The first kappa shape index (κ1) is 21.5. The summed E-state index contributed by atoms with van der Waals surface area (Å²) in [4.78, 5) is 4.84. The number of benzene rings is 1. The van der Waals surface area contributed by atoms with Crippen molar-refractivity contribution in [1.82, 2.24) is 9.80 Å². The molecule has 2 aliphatic carbocycles. The minimum atomic E-state index is -0.411. The second-order valence-corrected chi connectivity index (χ2v) is 10.9. The Labute approximate surface area is 186 Å². The lowest BCUT2D eigenvalue weighted by Crippen LogP contribution is -2.49. The zero-order valence-corrected chi connectivity index (χ0v) is 19.3. The van der Waals surface area contributed by atoms with Crippen LogP contribution in [-0.4, -0.2) is 73.2 Å². The molecule has 2 saturated carbocycles. The van der Waals surface area contributed by atoms with Crippen LogP contribution in [0.4, 0.5) is 0 Å². The van der Waals surface area contributed by atoms with Crippen molar-refractivity contribution in [2.75, 3.05) is 46.1 Å². The number of fused-ring (bicyclic) bond motifs is 3. The van der Waals surface area contributed by atoms with Crippen LogP contribution >= 0.6 is 0 Å². The highest BCUT2D eigenvalue weighted by Crippen LogP contribution is 2.66. The SMILES string of the molecule is CC1(C)[C@H]2CC[C@@]1(C)[C@@H](OC[C@H](O)CN1CCN(Cc3ccc4c(c3)OCO4)CC1)C2. The van der Waals surface area contributed by atoms with Crippen LogP contribution in [0.1, 0.15) is 45.6 Å². The van der Waals surface area contributed by atoms with Crippen LogP contribution in [-0.2, 0) is 11.3 Å². The monoisotopic (exact) mass is 430 g/mol. The molecule has 1 aromatic carbocycles. The van der Waals surface area contributed by atoms with E-state index in [0.717, 1.165) is 56.6 Å². The van der Waals surface area contributed by atoms with E-state index in [-0.39, 0.29) is 5.41 Å². The molecule has 172 valence electrons. The molecule has 3 fully saturated rings. The molecule has 2 aliphatic heterocycles. The molecule has 0 radical (unpaired) electrons. The standard InChI is InChI=1S/C25H38N2O4/c1-24(2)19-6-7-25(24,3)23(13-19)29-16-20(28)15-27-10-8-26(9-11-27)14-18-4-5-21-22(12-18)31-17-30-21/h4-5,12,19-20,23,28H,6-11,13-17H2,1-3H3/t19-,20+,23-,25-/m0/s1. The molecule has 0 spiro atoms. The van der Waals surface area contributed by atoms with Gasteiger partial charge < -0.3 is 19.3 Å². The van der Waals surface area contributed by atoms with Crippen LogP contribution in [0.5, 0.6) is 11.5 Å². The Balaban J connectivity index is 1.04. The van der Waals surface area contributed by atoms with Crippen molar-refractivity contribution in [3.63, 3.8) is 0 Å². The van der Waals surface area contributed by atoms with Crippen LogP contribution in [0.3, 0.4) is 0 Å². The fraction of sp³-hybridized carbons (Fsp3) is 0.760. The third-order valence-electron chi connectivity index (χ3n) is 8.98. The molecule has 0 aromatic heterocycles. The topological polar surface area (TPSA) is 54.4 Å². The number of rotatable bonds is 7. The Hall–Kier alpha value is -1.34. The van der Waals surface area contributed by atoms with Gasteiger partial charge in [-0.25, -0.2) is 0 Å². The molecule has 1 aromatic rings. The van der Waals surface area contributed by atoms with E-state index in [9.17, 15) is 5.11 Å². The molecule has 4 aliphatic rings. The van der Waals surface area contributed by atoms with Crippen molar-refractivity contribution in [3.05, 3.63) is 23.8 Å². The summed E-state index contributed by atoms with van der Waals surface area (Å²) in [5, 5.41) is 10.6. The van der Waals surface area contributed by atoms with E-state index in [1.165, 1.54) is 18.4 Å². The van der Waals surface area contributed by atoms with Gasteiger partial charge in [-0.05, 0) is 53.7 Å². The van der Waals surface area contributed by atoms with Crippen molar-refractivity contribution in [2.45, 2.75) is 58.8 Å². The number of aliphatic hydroxyl groups is 1. The summed E-state index contributed by atoms with van der Waals surface area (Å²) in [5.74, 6) is 2.47. The number of piperazine rings is 1. The van der Waals surface area contributed by atoms with Crippen LogP contribution in [0.15, 0.2) is 18.2 Å². The quantitative estimate of drug-likeness (QED) is 0.717. The zero-order chi connectivity index (χ0) is 21.6. The zero-order valence-electron chi connectivity index (χ0n) is 19.3.